The van der Waals surface area contributed by atoms with Gasteiger partial charge in [0.1, 0.15) is 104 Å². The molecule has 24 nitrogen and oxygen atoms in total. The zero-order valence-electron chi connectivity index (χ0n) is 30.7. The van der Waals surface area contributed by atoms with Crippen LogP contribution < -0.4 is 5.32 Å². The van der Waals surface area contributed by atoms with Gasteiger partial charge in [-0.15, -0.1) is 0 Å². The number of aliphatic hydroxyl groups is 13. The molecule has 0 aliphatic carbocycles. The minimum atomic E-state index is -2.02. The molecule has 1 amide bonds. The number of rotatable bonds is 11. The van der Waals surface area contributed by atoms with Crippen LogP contribution in [0, 0.1) is 0 Å². The van der Waals surface area contributed by atoms with Crippen LogP contribution in [0.25, 0.3) is 0 Å². The van der Waals surface area contributed by atoms with E-state index in [1.165, 1.54) is 20.8 Å². The van der Waals surface area contributed by atoms with E-state index < -0.39 is 173 Å². The molecule has 0 radical (unpaired) electrons. The second kappa shape index (κ2) is 18.9. The fourth-order valence-electron chi connectivity index (χ4n) is 7.23. The molecule has 5 aliphatic rings. The lowest BCUT2D eigenvalue weighted by Crippen LogP contribution is -2.70. The van der Waals surface area contributed by atoms with Crippen LogP contribution in [0.4, 0.5) is 0 Å². The molecule has 14 N–H and O–H groups in total. The summed E-state index contributed by atoms with van der Waals surface area (Å²) < 4.78 is 51.2. The molecule has 5 aliphatic heterocycles. The van der Waals surface area contributed by atoms with Crippen LogP contribution in [0.2, 0.25) is 0 Å². The zero-order valence-corrected chi connectivity index (χ0v) is 30.7. The van der Waals surface area contributed by atoms with Crippen molar-refractivity contribution in [3.05, 3.63) is 0 Å². The van der Waals surface area contributed by atoms with Gasteiger partial charge in [0.05, 0.1) is 31.5 Å². The second-order valence-electron chi connectivity index (χ2n) is 14.6. The summed E-state index contributed by atoms with van der Waals surface area (Å²) in [5.41, 5.74) is 0. The number of amides is 1. The van der Waals surface area contributed by atoms with Crippen molar-refractivity contribution in [2.45, 2.75) is 181 Å². The molecule has 24 heteroatoms. The van der Waals surface area contributed by atoms with Crippen LogP contribution in [-0.4, -0.2) is 239 Å². The lowest BCUT2D eigenvalue weighted by atomic mass is 9.94. The maximum absolute atomic E-state index is 12.5. The highest BCUT2D eigenvalue weighted by molar-refractivity contribution is 5.73. The molecule has 0 aromatic rings. The predicted molar refractivity (Wildman–Crippen MR) is 174 cm³/mol. The summed E-state index contributed by atoms with van der Waals surface area (Å²) >= 11 is 0. The third-order valence-electron chi connectivity index (χ3n) is 10.6. The number of hydrogen-bond donors (Lipinski definition) is 14. The Bertz CT molecular complexity index is 1260. The Labute approximate surface area is 319 Å². The van der Waals surface area contributed by atoms with Crippen molar-refractivity contribution in [2.75, 3.05) is 13.2 Å². The molecule has 5 rings (SSSR count). The highest BCUT2D eigenvalue weighted by atomic mass is 16.8. The first-order valence-electron chi connectivity index (χ1n) is 18.2. The first-order valence-corrected chi connectivity index (χ1v) is 18.2. The number of carbonyl (C=O) groups excluding carboxylic acids is 1. The van der Waals surface area contributed by atoms with Crippen molar-refractivity contribution < 1.29 is 114 Å². The van der Waals surface area contributed by atoms with Crippen molar-refractivity contribution in [2.24, 2.45) is 0 Å². The highest BCUT2D eigenvalue weighted by Crippen LogP contribution is 2.36. The minimum Gasteiger partial charge on any atom is -0.394 e. The van der Waals surface area contributed by atoms with Crippen molar-refractivity contribution in [1.82, 2.24) is 5.32 Å². The third kappa shape index (κ3) is 9.31. The first-order chi connectivity index (χ1) is 26.3. The Kier molecular flexibility index (Phi) is 15.4. The summed E-state index contributed by atoms with van der Waals surface area (Å²) in [4.78, 5) is 12.5. The Morgan fingerprint density at radius 1 is 0.464 bits per heavy atom. The van der Waals surface area contributed by atoms with Crippen molar-refractivity contribution in [1.29, 1.82) is 0 Å². The molecular formula is C32H55NO23. The standard InChI is InChI=1S/C32H55NO23/c1-7-14(37)19(42)21(44)30(49-7)55-26-16(39)9(3)50-31(23(26)46)56-27-20(43)17(40)11(5-34)52-32(27)53-24-13(33-10(4)36)29(51-12(6-35)18(24)41)54-25-15(38)8(2)48-28(47)22(25)45/h7-9,11-32,34-35,37-47H,5-6H2,1-4H3,(H,33,36)/t7-,8-,9-,11+,12+,13+,14-,15-,16-,17-,18+,19+,20-,21+,22+,23+,24+,25+,26+,27+,28-,29+,30-,31-,32+/m0/s1. The van der Waals surface area contributed by atoms with Gasteiger partial charge in [0.15, 0.2) is 31.5 Å². The van der Waals surface area contributed by atoms with E-state index in [2.05, 4.69) is 5.32 Å². The average molecular weight is 822 g/mol. The number of ether oxygens (including phenoxy) is 9. The van der Waals surface area contributed by atoms with E-state index >= 15 is 0 Å². The van der Waals surface area contributed by atoms with Crippen LogP contribution in [0.3, 0.4) is 0 Å². The summed E-state index contributed by atoms with van der Waals surface area (Å²) in [7, 11) is 0. The molecule has 0 aromatic carbocycles. The topological polar surface area (TPSA) is 375 Å². The van der Waals surface area contributed by atoms with Gasteiger partial charge in [0.25, 0.3) is 0 Å². The summed E-state index contributed by atoms with van der Waals surface area (Å²) in [5, 5.41) is 141. The number of carbonyl (C=O) groups is 1. The fraction of sp³-hybridized carbons (Fsp3) is 0.969. The number of aliphatic hydroxyl groups excluding tert-OH is 13. The molecule has 0 spiro atoms. The van der Waals surface area contributed by atoms with E-state index in [0.717, 1.165) is 6.92 Å². The Balaban J connectivity index is 1.42. The molecule has 326 valence electrons. The van der Waals surface area contributed by atoms with Gasteiger partial charge >= 0.3 is 0 Å². The number of nitrogens with one attached hydrogen (secondary N) is 1. The average Bonchev–Trinajstić information content (AvgIpc) is 3.15. The van der Waals surface area contributed by atoms with Gasteiger partial charge in [-0.1, -0.05) is 0 Å². The van der Waals surface area contributed by atoms with Crippen molar-refractivity contribution in [3.8, 4) is 0 Å². The summed E-state index contributed by atoms with van der Waals surface area (Å²) in [6.07, 6.45) is -40.3. The molecule has 5 saturated heterocycles. The molecule has 0 bridgehead atoms. The lowest BCUT2D eigenvalue weighted by Gasteiger charge is -2.50. The van der Waals surface area contributed by atoms with E-state index in [1.54, 1.807) is 0 Å². The summed E-state index contributed by atoms with van der Waals surface area (Å²) in [6, 6.07) is -1.59. The zero-order chi connectivity index (χ0) is 41.5. The second-order valence-corrected chi connectivity index (χ2v) is 14.6. The highest BCUT2D eigenvalue weighted by Gasteiger charge is 2.56. The van der Waals surface area contributed by atoms with Gasteiger partial charge in [-0.25, -0.2) is 0 Å². The molecule has 5 fully saturated rings. The molecule has 0 saturated carbocycles. The van der Waals surface area contributed by atoms with Gasteiger partial charge in [0, 0.05) is 6.92 Å². The van der Waals surface area contributed by atoms with Crippen LogP contribution >= 0.6 is 0 Å². The van der Waals surface area contributed by atoms with Crippen LogP contribution in [0.5, 0.6) is 0 Å². The Morgan fingerprint density at radius 3 is 1.52 bits per heavy atom. The first kappa shape index (κ1) is 45.7. The van der Waals surface area contributed by atoms with Gasteiger partial charge in [0.2, 0.25) is 5.91 Å². The largest absolute Gasteiger partial charge is 0.394 e. The third-order valence-corrected chi connectivity index (χ3v) is 10.6. The van der Waals surface area contributed by atoms with Gasteiger partial charge in [-0.3, -0.25) is 4.79 Å². The SMILES string of the molecule is CC(=O)N[C@H]1[C@@H](O[C@@H]2[C@@H](O)[C@H](C)O[C@H](O)[C@@H]2O)O[C@H](CO)[C@@H](O)[C@@H]1O[C@H]1O[C@H](CO)[C@H](O)[C@H](O)[C@H]1O[C@@H]1O[C@@H](C)[C@H](O)[C@@H](O[C@@H]2O[C@@H](C)[C@H](O)[C@@H](O)[C@H]2O)[C@H]1O. The molecule has 5 heterocycles. The van der Waals surface area contributed by atoms with Crippen LogP contribution in [-0.2, 0) is 47.4 Å². The van der Waals surface area contributed by atoms with Gasteiger partial charge in [-0.2, -0.15) is 0 Å². The smallest absolute Gasteiger partial charge is 0.217 e. The molecule has 25 atom stereocenters. The van der Waals surface area contributed by atoms with E-state index in [1.807, 2.05) is 0 Å². The minimum absolute atomic E-state index is 0.751. The fourth-order valence-corrected chi connectivity index (χ4v) is 7.23. The van der Waals surface area contributed by atoms with Gasteiger partial charge in [-0.05, 0) is 20.8 Å². The Hall–Kier alpha value is -1.41. The van der Waals surface area contributed by atoms with E-state index in [4.69, 9.17) is 42.6 Å². The maximum Gasteiger partial charge on any atom is 0.217 e. The molecule has 0 unspecified atom stereocenters. The van der Waals surface area contributed by atoms with E-state index in [9.17, 15) is 71.2 Å². The predicted octanol–water partition coefficient (Wildman–Crippen LogP) is -8.70. The Morgan fingerprint density at radius 2 is 0.929 bits per heavy atom. The normalized spacial score (nSPS) is 53.1. The van der Waals surface area contributed by atoms with Gasteiger partial charge < -0.3 is 114 Å². The van der Waals surface area contributed by atoms with Crippen molar-refractivity contribution in [3.63, 3.8) is 0 Å². The summed E-state index contributed by atoms with van der Waals surface area (Å²) in [6.45, 7) is 3.38. The van der Waals surface area contributed by atoms with Crippen LogP contribution in [0.1, 0.15) is 27.7 Å². The maximum atomic E-state index is 12.5. The van der Waals surface area contributed by atoms with Crippen LogP contribution in [0.15, 0.2) is 0 Å². The summed E-state index contributed by atoms with van der Waals surface area (Å²) in [5.74, 6) is -0.751. The van der Waals surface area contributed by atoms with E-state index in [-0.39, 0.29) is 0 Å². The number of hydrogen-bond acceptors (Lipinski definition) is 23. The van der Waals surface area contributed by atoms with E-state index in [0.29, 0.717) is 0 Å². The molecule has 0 aromatic heterocycles. The monoisotopic (exact) mass is 821 g/mol. The quantitative estimate of drug-likeness (QED) is 0.0920. The molecule has 56 heavy (non-hydrogen) atoms. The van der Waals surface area contributed by atoms with Crippen molar-refractivity contribution >= 4 is 5.91 Å². The lowest BCUT2D eigenvalue weighted by molar-refractivity contribution is -0.393. The molecular weight excluding hydrogens is 766 g/mol.